The number of H-pyrrole nitrogens is 1. The van der Waals surface area contributed by atoms with Gasteiger partial charge in [0.25, 0.3) is 11.8 Å². The third-order valence-corrected chi connectivity index (χ3v) is 10.9. The molecule has 3 saturated heterocycles. The highest BCUT2D eigenvalue weighted by Gasteiger charge is 2.74. The summed E-state index contributed by atoms with van der Waals surface area (Å²) in [7, 11) is -3.29. The smallest absolute Gasteiger partial charge is 0.361 e. The molecule has 0 unspecified atom stereocenters. The lowest BCUT2D eigenvalue weighted by molar-refractivity contribution is -0.312. The van der Waals surface area contributed by atoms with Gasteiger partial charge in [-0.15, -0.1) is 0 Å². The molecule has 3 fully saturated rings. The van der Waals surface area contributed by atoms with Crippen LogP contribution in [-0.2, 0) is 34.6 Å². The molecule has 0 saturated carbocycles. The number of phosphoric acid groups is 1. The monoisotopic (exact) mass is 655 g/mol. The Hall–Kier alpha value is -3.06. The van der Waals surface area contributed by atoms with Crippen LogP contribution in [0.3, 0.4) is 0 Å². The third kappa shape index (κ3) is 4.62. The van der Waals surface area contributed by atoms with Crippen molar-refractivity contribution in [3.05, 3.63) is 41.6 Å². The van der Waals surface area contributed by atoms with E-state index in [9.17, 15) is 28.7 Å². The van der Waals surface area contributed by atoms with Gasteiger partial charge >= 0.3 is 7.82 Å². The maximum absolute atomic E-state index is 14.7. The quantitative estimate of drug-likeness (QED) is 0.328. The van der Waals surface area contributed by atoms with E-state index in [4.69, 9.17) is 9.26 Å². The Balaban J connectivity index is 1.29. The number of hydrogen-bond acceptors (Lipinski definition) is 7. The summed E-state index contributed by atoms with van der Waals surface area (Å²) in [6.07, 6.45) is 5.88. The van der Waals surface area contributed by atoms with Crippen molar-refractivity contribution < 1.29 is 38.0 Å². The fourth-order valence-corrected chi connectivity index (χ4v) is 8.96. The van der Waals surface area contributed by atoms with Crippen molar-refractivity contribution in [1.29, 1.82) is 0 Å². The molecule has 1 aromatic heterocycles. The molecule has 46 heavy (non-hydrogen) atoms. The van der Waals surface area contributed by atoms with Gasteiger partial charge in [-0.05, 0) is 61.4 Å². The van der Waals surface area contributed by atoms with Crippen LogP contribution in [-0.4, -0.2) is 97.1 Å². The predicted octanol–water partition coefficient (Wildman–Crippen LogP) is 2.55. The maximum atomic E-state index is 14.7. The van der Waals surface area contributed by atoms with Crippen LogP contribution in [0.2, 0.25) is 0 Å². The second-order valence-electron chi connectivity index (χ2n) is 14.1. The van der Waals surface area contributed by atoms with Crippen LogP contribution in [0.5, 0.6) is 0 Å². The number of likely N-dealkylation sites (N-methyl/N-ethyl adjacent to an activating group) is 1. The molecule has 1 aromatic carbocycles. The average molecular weight is 656 g/mol. The number of aromatic nitrogens is 1. The second-order valence-corrected chi connectivity index (χ2v) is 15.3. The van der Waals surface area contributed by atoms with Crippen LogP contribution in [0.4, 0.5) is 0 Å². The molecule has 4 N–H and O–H groups in total. The highest BCUT2D eigenvalue weighted by atomic mass is 31.2. The number of nitrogens with zero attached hydrogens (tertiary/aromatic N) is 3. The molecule has 3 amide bonds. The zero-order valence-corrected chi connectivity index (χ0v) is 27.6. The summed E-state index contributed by atoms with van der Waals surface area (Å²) in [4.78, 5) is 71.3. The SMILES string of the molecule is CC(C)C[C@H]1C(=O)N2CCC[C@H]2[C@]2(OP(=O)(O)O)O[C@](NC(=O)[C@@H]3C=C4c5cccc6[nH]cc(c56)C[C@H]4N(C)C3)(C(C)C)C(=O)N12. The molecule has 0 bridgehead atoms. The number of carbonyl (C=O) groups excluding carboxylic acids is 3. The van der Waals surface area contributed by atoms with Gasteiger partial charge in [0.2, 0.25) is 17.5 Å². The summed E-state index contributed by atoms with van der Waals surface area (Å²) < 4.78 is 24.6. The fraction of sp³-hybridized carbons (Fsp3) is 0.594. The van der Waals surface area contributed by atoms with Crippen LogP contribution in [0, 0.1) is 17.8 Å². The van der Waals surface area contributed by atoms with Gasteiger partial charge in [0, 0.05) is 42.1 Å². The van der Waals surface area contributed by atoms with Gasteiger partial charge in [0.15, 0.2) is 0 Å². The minimum atomic E-state index is -5.27. The average Bonchev–Trinajstić information content (AvgIpc) is 3.68. The number of benzene rings is 1. The highest BCUT2D eigenvalue weighted by molar-refractivity contribution is 7.46. The van der Waals surface area contributed by atoms with Crippen molar-refractivity contribution in [2.45, 2.75) is 83.1 Å². The van der Waals surface area contributed by atoms with Gasteiger partial charge < -0.3 is 25.0 Å². The molecule has 0 spiro atoms. The molecule has 1 aliphatic carbocycles. The van der Waals surface area contributed by atoms with Crippen molar-refractivity contribution in [3.63, 3.8) is 0 Å². The number of piperazine rings is 1. The Labute approximate surface area is 267 Å². The van der Waals surface area contributed by atoms with Gasteiger partial charge in [-0.2, -0.15) is 0 Å². The predicted molar refractivity (Wildman–Crippen MR) is 167 cm³/mol. The molecule has 5 aliphatic rings. The van der Waals surface area contributed by atoms with Crippen LogP contribution in [0.15, 0.2) is 30.5 Å². The highest BCUT2D eigenvalue weighted by Crippen LogP contribution is 2.56. The summed E-state index contributed by atoms with van der Waals surface area (Å²) in [5.41, 5.74) is 2.30. The Morgan fingerprint density at radius 3 is 2.70 bits per heavy atom. The third-order valence-electron chi connectivity index (χ3n) is 10.4. The summed E-state index contributed by atoms with van der Waals surface area (Å²) in [5.74, 6) is -5.21. The minimum absolute atomic E-state index is 0.0462. The topological polar surface area (TPSA) is 165 Å². The standard InChI is InChI=1S/C32H42N5O8P/c1-17(2)12-25-29(39)36-11-7-10-26(36)32(45-46(41,42)43)37(25)30(40)31(44-32,18(3)4)34-28(38)20-13-22-21-8-6-9-23-27(21)19(15-33-23)14-24(22)35(5)16-20/h6,8-9,13,15,17-18,20,24-26,33H,7,10-12,14,16H2,1-5H3,(H,34,38)(H2,41,42,43)/t20-,24-,25+,26+,31-,32-/m1/s1. The second kappa shape index (κ2) is 10.7. The fourth-order valence-electron chi connectivity index (χ4n) is 8.37. The number of rotatable bonds is 7. The molecule has 13 nitrogen and oxygen atoms in total. The summed E-state index contributed by atoms with van der Waals surface area (Å²) >= 11 is 0. The maximum Gasteiger partial charge on any atom is 0.473 e. The Bertz CT molecular complexity index is 1700. The van der Waals surface area contributed by atoms with E-state index >= 15 is 0 Å². The van der Waals surface area contributed by atoms with Gasteiger partial charge in [0.05, 0.1) is 5.92 Å². The van der Waals surface area contributed by atoms with E-state index in [1.165, 1.54) is 10.5 Å². The number of hydrogen-bond donors (Lipinski definition) is 4. The van der Waals surface area contributed by atoms with Gasteiger partial charge in [-0.3, -0.25) is 28.9 Å². The van der Waals surface area contributed by atoms with E-state index in [1.54, 1.807) is 13.8 Å². The van der Waals surface area contributed by atoms with Crippen LogP contribution < -0.4 is 5.32 Å². The summed E-state index contributed by atoms with van der Waals surface area (Å²) in [6.45, 7) is 7.92. The van der Waals surface area contributed by atoms with Crippen molar-refractivity contribution in [1.82, 2.24) is 25.0 Å². The number of fused-ring (bicyclic) bond motifs is 5. The first-order chi connectivity index (χ1) is 21.7. The van der Waals surface area contributed by atoms with E-state index in [-0.39, 0.29) is 24.3 Å². The molecule has 14 heteroatoms. The molecular weight excluding hydrogens is 613 g/mol. The van der Waals surface area contributed by atoms with Gasteiger partial charge in [-0.1, -0.05) is 45.9 Å². The first-order valence-electron chi connectivity index (χ1n) is 16.1. The van der Waals surface area contributed by atoms with Crippen LogP contribution >= 0.6 is 7.82 Å². The lowest BCUT2D eigenvalue weighted by Crippen LogP contribution is -2.71. The van der Waals surface area contributed by atoms with Crippen molar-refractivity contribution >= 4 is 42.0 Å². The molecule has 248 valence electrons. The molecule has 7 rings (SSSR count). The zero-order valence-electron chi connectivity index (χ0n) is 26.7. The Morgan fingerprint density at radius 2 is 2.00 bits per heavy atom. The van der Waals surface area contributed by atoms with E-state index in [0.717, 1.165) is 33.4 Å². The largest absolute Gasteiger partial charge is 0.473 e. The zero-order chi connectivity index (χ0) is 32.9. The van der Waals surface area contributed by atoms with Gasteiger partial charge in [0.1, 0.15) is 12.1 Å². The number of nitrogens with one attached hydrogen (secondary N) is 2. The number of phosphoric ester groups is 1. The van der Waals surface area contributed by atoms with Crippen molar-refractivity contribution in [2.75, 3.05) is 20.1 Å². The van der Waals surface area contributed by atoms with Crippen molar-refractivity contribution in [3.8, 4) is 0 Å². The molecule has 6 atom stereocenters. The minimum Gasteiger partial charge on any atom is -0.361 e. The van der Waals surface area contributed by atoms with Crippen LogP contribution in [0.1, 0.15) is 58.1 Å². The first-order valence-corrected chi connectivity index (χ1v) is 17.6. The molecule has 0 radical (unpaired) electrons. The number of carbonyl (C=O) groups is 3. The molecular formula is C32H42N5O8P. The first kappa shape index (κ1) is 31.5. The van der Waals surface area contributed by atoms with E-state index in [0.29, 0.717) is 25.9 Å². The number of aromatic amines is 1. The normalized spacial score (nSPS) is 32.7. The summed E-state index contributed by atoms with van der Waals surface area (Å²) in [5, 5.41) is 4.05. The molecule has 4 aliphatic heterocycles. The Morgan fingerprint density at radius 1 is 1.24 bits per heavy atom. The number of ether oxygens (including phenoxy) is 1. The lowest BCUT2D eigenvalue weighted by atomic mass is 9.79. The van der Waals surface area contributed by atoms with Crippen LogP contribution in [0.25, 0.3) is 16.5 Å². The van der Waals surface area contributed by atoms with Crippen molar-refractivity contribution in [2.24, 2.45) is 17.8 Å². The molecule has 5 heterocycles. The lowest BCUT2D eigenvalue weighted by Gasteiger charge is -2.51. The van der Waals surface area contributed by atoms with E-state index in [1.807, 2.05) is 45.3 Å². The molecule has 2 aromatic rings. The van der Waals surface area contributed by atoms with Gasteiger partial charge in [-0.25, -0.2) is 9.09 Å². The summed E-state index contributed by atoms with van der Waals surface area (Å²) in [6, 6.07) is 4.11. The number of amides is 3. The Kier molecular flexibility index (Phi) is 7.36. The van der Waals surface area contributed by atoms with E-state index in [2.05, 4.69) is 21.3 Å². The van der Waals surface area contributed by atoms with E-state index < -0.39 is 55.2 Å².